The number of hydrogen-bond acceptors (Lipinski definition) is 3. The van der Waals surface area contributed by atoms with Crippen molar-refractivity contribution >= 4 is 22.6 Å². The van der Waals surface area contributed by atoms with Crippen molar-refractivity contribution in [1.82, 2.24) is 10.6 Å². The van der Waals surface area contributed by atoms with Crippen LogP contribution in [0.25, 0.3) is 10.8 Å². The molecule has 0 bridgehead atoms. The Labute approximate surface area is 136 Å². The van der Waals surface area contributed by atoms with Crippen LogP contribution < -0.4 is 16.4 Å². The predicted octanol–water partition coefficient (Wildman–Crippen LogP) is 1.56. The Morgan fingerprint density at radius 2 is 1.74 bits per heavy atom. The average molecular weight is 313 g/mol. The van der Waals surface area contributed by atoms with E-state index in [-0.39, 0.29) is 24.3 Å². The fraction of sp³-hybridized carbons (Fsp3) is 0.333. The fourth-order valence-electron chi connectivity index (χ4n) is 2.29. The number of benzene rings is 2. The summed E-state index contributed by atoms with van der Waals surface area (Å²) in [5, 5.41) is 7.63. The summed E-state index contributed by atoms with van der Waals surface area (Å²) in [5.74, 6) is -0.503. The number of hydrogen-bond donors (Lipinski definition) is 3. The lowest BCUT2D eigenvalue weighted by atomic mass is 10.0. The molecule has 23 heavy (non-hydrogen) atoms. The molecule has 0 fully saturated rings. The van der Waals surface area contributed by atoms with Crippen LogP contribution in [0.1, 0.15) is 19.4 Å². The number of amides is 2. The molecule has 5 nitrogen and oxygen atoms in total. The van der Waals surface area contributed by atoms with Crippen molar-refractivity contribution in [3.63, 3.8) is 0 Å². The van der Waals surface area contributed by atoms with E-state index in [1.165, 1.54) is 0 Å². The minimum absolute atomic E-state index is 0.0359. The molecule has 0 unspecified atom stereocenters. The number of nitrogens with one attached hydrogen (secondary N) is 2. The van der Waals surface area contributed by atoms with E-state index >= 15 is 0 Å². The zero-order valence-electron chi connectivity index (χ0n) is 13.5. The fourth-order valence-corrected chi connectivity index (χ4v) is 2.29. The van der Waals surface area contributed by atoms with E-state index in [9.17, 15) is 9.59 Å². The van der Waals surface area contributed by atoms with Crippen molar-refractivity contribution in [2.75, 3.05) is 6.54 Å². The van der Waals surface area contributed by atoms with Crippen LogP contribution in [0.15, 0.2) is 42.5 Å². The van der Waals surface area contributed by atoms with Crippen molar-refractivity contribution in [2.45, 2.75) is 26.4 Å². The Kier molecular flexibility index (Phi) is 5.71. The van der Waals surface area contributed by atoms with Crippen molar-refractivity contribution in [3.05, 3.63) is 48.0 Å². The highest BCUT2D eigenvalue weighted by Crippen LogP contribution is 2.18. The summed E-state index contributed by atoms with van der Waals surface area (Å²) >= 11 is 0. The van der Waals surface area contributed by atoms with Gasteiger partial charge in [0.1, 0.15) is 0 Å². The van der Waals surface area contributed by atoms with Crippen LogP contribution >= 0.6 is 0 Å². The first-order valence-corrected chi connectivity index (χ1v) is 7.75. The molecule has 0 aliphatic rings. The maximum atomic E-state index is 11.9. The topological polar surface area (TPSA) is 84.2 Å². The van der Waals surface area contributed by atoms with E-state index in [1.807, 2.05) is 56.3 Å². The molecule has 4 N–H and O–H groups in total. The third kappa shape index (κ3) is 4.53. The van der Waals surface area contributed by atoms with Gasteiger partial charge in [0.05, 0.1) is 12.6 Å². The lowest BCUT2D eigenvalue weighted by Gasteiger charge is -2.15. The van der Waals surface area contributed by atoms with Gasteiger partial charge in [-0.15, -0.1) is 0 Å². The standard InChI is InChI=1S/C18H23N3O2/c1-12(2)17(19)18(23)21-11-16(22)20-10-14-8-5-7-13-6-3-4-9-15(13)14/h3-9,12,17H,10-11,19H2,1-2H3,(H,20,22)(H,21,23)/t17-/m0/s1. The molecule has 2 amide bonds. The van der Waals surface area contributed by atoms with Gasteiger partial charge in [0.2, 0.25) is 11.8 Å². The molecule has 2 aromatic rings. The molecule has 122 valence electrons. The van der Waals surface area contributed by atoms with Crippen LogP contribution in [0, 0.1) is 5.92 Å². The molecular weight excluding hydrogens is 290 g/mol. The molecule has 0 aromatic heterocycles. The summed E-state index contributed by atoms with van der Waals surface area (Å²) in [6.07, 6.45) is 0. The van der Waals surface area contributed by atoms with E-state index in [4.69, 9.17) is 5.73 Å². The Morgan fingerprint density at radius 1 is 1.04 bits per heavy atom. The molecule has 0 aliphatic heterocycles. The summed E-state index contributed by atoms with van der Waals surface area (Å²) in [5.41, 5.74) is 6.77. The van der Waals surface area contributed by atoms with Gasteiger partial charge in [-0.05, 0) is 22.3 Å². The number of carbonyl (C=O) groups excluding carboxylic acids is 2. The van der Waals surface area contributed by atoms with E-state index in [0.717, 1.165) is 16.3 Å². The highest BCUT2D eigenvalue weighted by atomic mass is 16.2. The van der Waals surface area contributed by atoms with Crippen LogP contribution in [0.4, 0.5) is 0 Å². The summed E-state index contributed by atoms with van der Waals surface area (Å²) in [4.78, 5) is 23.6. The lowest BCUT2D eigenvalue weighted by Crippen LogP contribution is -2.47. The maximum Gasteiger partial charge on any atom is 0.239 e. The van der Waals surface area contributed by atoms with Crippen LogP contribution in [-0.2, 0) is 16.1 Å². The normalized spacial score (nSPS) is 12.2. The van der Waals surface area contributed by atoms with Gasteiger partial charge in [-0.2, -0.15) is 0 Å². The summed E-state index contributed by atoms with van der Waals surface area (Å²) < 4.78 is 0. The second-order valence-electron chi connectivity index (χ2n) is 5.90. The zero-order valence-corrected chi connectivity index (χ0v) is 13.5. The van der Waals surface area contributed by atoms with Gasteiger partial charge in [-0.1, -0.05) is 56.3 Å². The third-order valence-corrected chi connectivity index (χ3v) is 3.80. The van der Waals surface area contributed by atoms with Crippen LogP contribution in [0.3, 0.4) is 0 Å². The third-order valence-electron chi connectivity index (χ3n) is 3.80. The lowest BCUT2D eigenvalue weighted by molar-refractivity contribution is -0.127. The minimum atomic E-state index is -0.596. The SMILES string of the molecule is CC(C)[C@H](N)C(=O)NCC(=O)NCc1cccc2ccccc12. The highest BCUT2D eigenvalue weighted by molar-refractivity contribution is 5.88. The van der Waals surface area contributed by atoms with Crippen molar-refractivity contribution < 1.29 is 9.59 Å². The molecule has 2 aromatic carbocycles. The van der Waals surface area contributed by atoms with Crippen molar-refractivity contribution in [2.24, 2.45) is 11.7 Å². The molecule has 0 heterocycles. The summed E-state index contributed by atoms with van der Waals surface area (Å²) in [6.45, 7) is 4.09. The smallest absolute Gasteiger partial charge is 0.239 e. The molecule has 0 spiro atoms. The van der Waals surface area contributed by atoms with E-state index in [0.29, 0.717) is 6.54 Å². The second-order valence-corrected chi connectivity index (χ2v) is 5.90. The van der Waals surface area contributed by atoms with Crippen LogP contribution in [-0.4, -0.2) is 24.4 Å². The highest BCUT2D eigenvalue weighted by Gasteiger charge is 2.17. The van der Waals surface area contributed by atoms with Gasteiger partial charge in [-0.25, -0.2) is 0 Å². The molecule has 2 rings (SSSR count). The Balaban J connectivity index is 1.88. The second kappa shape index (κ2) is 7.74. The van der Waals surface area contributed by atoms with Gasteiger partial charge in [-0.3, -0.25) is 9.59 Å². The monoisotopic (exact) mass is 313 g/mol. The van der Waals surface area contributed by atoms with E-state index in [2.05, 4.69) is 10.6 Å². The van der Waals surface area contributed by atoms with Crippen molar-refractivity contribution in [3.8, 4) is 0 Å². The molecule has 0 radical (unpaired) electrons. The van der Waals surface area contributed by atoms with Gasteiger partial charge in [0.25, 0.3) is 0 Å². The average Bonchev–Trinajstić information content (AvgIpc) is 2.56. The maximum absolute atomic E-state index is 11.9. The largest absolute Gasteiger partial charge is 0.350 e. The van der Waals surface area contributed by atoms with Crippen LogP contribution in [0.2, 0.25) is 0 Å². The number of carbonyl (C=O) groups is 2. The molecule has 0 aliphatic carbocycles. The first-order chi connectivity index (χ1) is 11.0. The summed E-state index contributed by atoms with van der Waals surface area (Å²) in [7, 11) is 0. The minimum Gasteiger partial charge on any atom is -0.350 e. The van der Waals surface area contributed by atoms with E-state index < -0.39 is 6.04 Å². The quantitative estimate of drug-likeness (QED) is 0.756. The van der Waals surface area contributed by atoms with Gasteiger partial charge < -0.3 is 16.4 Å². The number of rotatable bonds is 6. The molecule has 0 saturated heterocycles. The molecule has 1 atom stereocenters. The van der Waals surface area contributed by atoms with Crippen LogP contribution in [0.5, 0.6) is 0 Å². The Bertz CT molecular complexity index is 692. The molecular formula is C18H23N3O2. The van der Waals surface area contributed by atoms with E-state index in [1.54, 1.807) is 0 Å². The zero-order chi connectivity index (χ0) is 16.8. The van der Waals surface area contributed by atoms with Gasteiger partial charge >= 0.3 is 0 Å². The summed E-state index contributed by atoms with van der Waals surface area (Å²) in [6, 6.07) is 13.4. The Morgan fingerprint density at radius 3 is 2.48 bits per heavy atom. The number of nitrogens with two attached hydrogens (primary N) is 1. The van der Waals surface area contributed by atoms with Gasteiger partial charge in [0.15, 0.2) is 0 Å². The molecule has 5 heteroatoms. The first kappa shape index (κ1) is 17.0. The number of fused-ring (bicyclic) bond motifs is 1. The van der Waals surface area contributed by atoms with Gasteiger partial charge in [0, 0.05) is 6.54 Å². The molecule has 0 saturated carbocycles. The predicted molar refractivity (Wildman–Crippen MR) is 91.6 cm³/mol. The first-order valence-electron chi connectivity index (χ1n) is 7.75. The Hall–Kier alpha value is -2.40. The van der Waals surface area contributed by atoms with Crippen molar-refractivity contribution in [1.29, 1.82) is 0 Å².